The molecular weight excluding hydrogens is 244 g/mol. The molecule has 104 valence electrons. The van der Waals surface area contributed by atoms with Crippen LogP contribution in [0.2, 0.25) is 0 Å². The van der Waals surface area contributed by atoms with E-state index in [4.69, 9.17) is 4.74 Å². The van der Waals surface area contributed by atoms with Crippen molar-refractivity contribution in [3.63, 3.8) is 0 Å². The smallest absolute Gasteiger partial charge is 0.333 e. The highest BCUT2D eigenvalue weighted by atomic mass is 16.5. The van der Waals surface area contributed by atoms with Gasteiger partial charge in [0, 0.05) is 12.1 Å². The van der Waals surface area contributed by atoms with E-state index in [-0.39, 0.29) is 29.4 Å². The minimum atomic E-state index is -0.339. The van der Waals surface area contributed by atoms with Gasteiger partial charge in [-0.1, -0.05) is 0 Å². The predicted octanol–water partition coefficient (Wildman–Crippen LogP) is 0.806. The monoisotopic (exact) mass is 264 g/mol. The molecule has 0 aromatic heterocycles. The van der Waals surface area contributed by atoms with E-state index < -0.39 is 0 Å². The number of amides is 1. The first-order chi connectivity index (χ1) is 9.03. The summed E-state index contributed by atoms with van der Waals surface area (Å²) >= 11 is 0. The molecule has 2 saturated heterocycles. The van der Waals surface area contributed by atoms with Gasteiger partial charge in [-0.3, -0.25) is 4.79 Å². The molecule has 1 unspecified atom stereocenters. The van der Waals surface area contributed by atoms with Crippen molar-refractivity contribution in [3.8, 4) is 0 Å². The van der Waals surface area contributed by atoms with Crippen LogP contribution in [-0.4, -0.2) is 42.0 Å². The Balaban J connectivity index is 1.89. The topological polar surface area (TPSA) is 58.6 Å². The van der Waals surface area contributed by atoms with Gasteiger partial charge in [-0.25, -0.2) is 4.79 Å². The highest BCUT2D eigenvalue weighted by Gasteiger charge is 2.52. The standard InChI is InChI=1S/C14H20N2O3/c1-9-8-14(3-5-15-6-4-14)13(18)16(9)11-7-12(17)19-10(11)2/h7,9-10,15H,3-6,8H2,1-2H3/t9-,10?/m1/s1. The Morgan fingerprint density at radius 3 is 2.58 bits per heavy atom. The van der Waals surface area contributed by atoms with Crippen LogP contribution < -0.4 is 5.32 Å². The first-order valence-corrected chi connectivity index (χ1v) is 7.00. The fourth-order valence-electron chi connectivity index (χ4n) is 3.67. The molecule has 3 heterocycles. The summed E-state index contributed by atoms with van der Waals surface area (Å²) in [6.45, 7) is 5.68. The third-order valence-electron chi connectivity index (χ3n) is 4.61. The zero-order chi connectivity index (χ0) is 13.6. The summed E-state index contributed by atoms with van der Waals surface area (Å²) in [5.41, 5.74) is 0.509. The molecular formula is C14H20N2O3. The van der Waals surface area contributed by atoms with Gasteiger partial charge < -0.3 is 15.0 Å². The van der Waals surface area contributed by atoms with Gasteiger partial charge in [0.2, 0.25) is 5.91 Å². The van der Waals surface area contributed by atoms with Crippen LogP contribution in [0.5, 0.6) is 0 Å². The molecule has 0 aliphatic carbocycles. The zero-order valence-corrected chi connectivity index (χ0v) is 11.4. The summed E-state index contributed by atoms with van der Waals surface area (Å²) in [6.07, 6.45) is 3.83. The number of esters is 1. The van der Waals surface area contributed by atoms with Gasteiger partial charge >= 0.3 is 5.97 Å². The van der Waals surface area contributed by atoms with E-state index in [2.05, 4.69) is 12.2 Å². The second-order valence-electron chi connectivity index (χ2n) is 5.91. The molecule has 1 amide bonds. The van der Waals surface area contributed by atoms with Crippen molar-refractivity contribution in [1.82, 2.24) is 10.2 Å². The van der Waals surface area contributed by atoms with E-state index in [9.17, 15) is 9.59 Å². The van der Waals surface area contributed by atoms with Crippen molar-refractivity contribution in [2.24, 2.45) is 5.41 Å². The van der Waals surface area contributed by atoms with E-state index in [0.29, 0.717) is 0 Å². The van der Waals surface area contributed by atoms with Gasteiger partial charge in [0.05, 0.1) is 11.1 Å². The SMILES string of the molecule is CC1OC(=O)C=C1N1C(=O)C2(CCNCC2)C[C@H]1C. The third-order valence-corrected chi connectivity index (χ3v) is 4.61. The van der Waals surface area contributed by atoms with Crippen LogP contribution in [0.1, 0.15) is 33.1 Å². The molecule has 2 fully saturated rings. The molecule has 0 bridgehead atoms. The Bertz CT molecular complexity index is 452. The maximum atomic E-state index is 12.8. The maximum absolute atomic E-state index is 12.8. The molecule has 0 radical (unpaired) electrons. The van der Waals surface area contributed by atoms with E-state index >= 15 is 0 Å². The van der Waals surface area contributed by atoms with Crippen molar-refractivity contribution in [2.45, 2.75) is 45.3 Å². The van der Waals surface area contributed by atoms with E-state index in [1.807, 2.05) is 6.92 Å². The number of carbonyl (C=O) groups is 2. The van der Waals surface area contributed by atoms with E-state index in [1.165, 1.54) is 6.08 Å². The molecule has 0 saturated carbocycles. The molecule has 0 aromatic rings. The number of ether oxygens (including phenoxy) is 1. The quantitative estimate of drug-likeness (QED) is 0.712. The van der Waals surface area contributed by atoms with E-state index in [1.54, 1.807) is 4.90 Å². The predicted molar refractivity (Wildman–Crippen MR) is 69.1 cm³/mol. The normalized spacial score (nSPS) is 33.8. The van der Waals surface area contributed by atoms with Gasteiger partial charge in [-0.15, -0.1) is 0 Å². The molecule has 1 N–H and O–H groups in total. The average Bonchev–Trinajstić information content (AvgIpc) is 2.79. The minimum Gasteiger partial charge on any atom is -0.453 e. The molecule has 2 atom stereocenters. The summed E-state index contributed by atoms with van der Waals surface area (Å²) in [7, 11) is 0. The van der Waals surface area contributed by atoms with Crippen LogP contribution in [0.15, 0.2) is 11.8 Å². The summed E-state index contributed by atoms with van der Waals surface area (Å²) in [5, 5.41) is 3.31. The van der Waals surface area contributed by atoms with Crippen LogP contribution in [0.3, 0.4) is 0 Å². The fourth-order valence-corrected chi connectivity index (χ4v) is 3.67. The lowest BCUT2D eigenvalue weighted by molar-refractivity contribution is -0.140. The third kappa shape index (κ3) is 1.87. The summed E-state index contributed by atoms with van der Waals surface area (Å²) in [6, 6.07) is 0.147. The van der Waals surface area contributed by atoms with Crippen LogP contribution in [-0.2, 0) is 14.3 Å². The Morgan fingerprint density at radius 2 is 2.00 bits per heavy atom. The maximum Gasteiger partial charge on any atom is 0.333 e. The Hall–Kier alpha value is -1.36. The molecule has 3 aliphatic heterocycles. The Labute approximate surface area is 113 Å². The fraction of sp³-hybridized carbons (Fsp3) is 0.714. The van der Waals surface area contributed by atoms with Crippen LogP contribution in [0.25, 0.3) is 0 Å². The highest BCUT2D eigenvalue weighted by molar-refractivity contribution is 5.91. The van der Waals surface area contributed by atoms with E-state index in [0.717, 1.165) is 38.0 Å². The number of carbonyl (C=O) groups excluding carboxylic acids is 2. The number of nitrogens with one attached hydrogen (secondary N) is 1. The number of nitrogens with zero attached hydrogens (tertiary/aromatic N) is 1. The number of piperidine rings is 1. The van der Waals surface area contributed by atoms with Gasteiger partial charge in [0.15, 0.2) is 0 Å². The zero-order valence-electron chi connectivity index (χ0n) is 11.4. The number of hydrogen-bond donors (Lipinski definition) is 1. The largest absolute Gasteiger partial charge is 0.453 e. The second-order valence-corrected chi connectivity index (χ2v) is 5.91. The van der Waals surface area contributed by atoms with Gasteiger partial charge in [-0.2, -0.15) is 0 Å². The average molecular weight is 264 g/mol. The molecule has 5 heteroatoms. The molecule has 3 aliphatic rings. The summed E-state index contributed by atoms with van der Waals surface area (Å²) in [5.74, 6) is -0.160. The van der Waals surface area contributed by atoms with Crippen LogP contribution >= 0.6 is 0 Å². The minimum absolute atomic E-state index is 0.147. The molecule has 1 spiro atoms. The lowest BCUT2D eigenvalue weighted by Crippen LogP contribution is -2.43. The molecule has 5 nitrogen and oxygen atoms in total. The van der Waals surface area contributed by atoms with Crippen LogP contribution in [0, 0.1) is 5.41 Å². The second kappa shape index (κ2) is 4.34. The number of hydrogen-bond acceptors (Lipinski definition) is 4. The Kier molecular flexibility index (Phi) is 2.89. The van der Waals surface area contributed by atoms with Gasteiger partial charge in [0.1, 0.15) is 6.10 Å². The number of likely N-dealkylation sites (tertiary alicyclic amines) is 1. The highest BCUT2D eigenvalue weighted by Crippen LogP contribution is 2.45. The van der Waals surface area contributed by atoms with Crippen molar-refractivity contribution in [3.05, 3.63) is 11.8 Å². The molecule has 19 heavy (non-hydrogen) atoms. The van der Waals surface area contributed by atoms with Gasteiger partial charge in [-0.05, 0) is 46.2 Å². The lowest BCUT2D eigenvalue weighted by Gasteiger charge is -2.32. The number of cyclic esters (lactones) is 1. The van der Waals surface area contributed by atoms with Crippen LogP contribution in [0.4, 0.5) is 0 Å². The van der Waals surface area contributed by atoms with Crippen molar-refractivity contribution in [1.29, 1.82) is 0 Å². The molecule has 0 aromatic carbocycles. The first-order valence-electron chi connectivity index (χ1n) is 7.00. The van der Waals surface area contributed by atoms with Crippen molar-refractivity contribution < 1.29 is 14.3 Å². The summed E-state index contributed by atoms with van der Waals surface area (Å²) < 4.78 is 5.12. The van der Waals surface area contributed by atoms with Crippen molar-refractivity contribution in [2.75, 3.05) is 13.1 Å². The Morgan fingerprint density at radius 1 is 1.32 bits per heavy atom. The first kappa shape index (κ1) is 12.7. The molecule has 3 rings (SSSR count). The van der Waals surface area contributed by atoms with Gasteiger partial charge in [0.25, 0.3) is 0 Å². The lowest BCUT2D eigenvalue weighted by atomic mass is 9.77. The van der Waals surface area contributed by atoms with Crippen molar-refractivity contribution >= 4 is 11.9 Å². The summed E-state index contributed by atoms with van der Waals surface area (Å²) in [4.78, 5) is 26.0. The number of rotatable bonds is 1.